The Morgan fingerprint density at radius 2 is 1.95 bits per heavy atom. The average Bonchev–Trinajstić information content (AvgIpc) is 3.19. The molecule has 7 N–H and O–H groups in total. The largest absolute Gasteiger partial charge is 0.456 e. The van der Waals surface area contributed by atoms with E-state index in [1.165, 1.54) is 19.2 Å². The van der Waals surface area contributed by atoms with E-state index in [-0.39, 0.29) is 5.69 Å². The highest BCUT2D eigenvalue weighted by Gasteiger charge is 2.52. The van der Waals surface area contributed by atoms with Gasteiger partial charge >= 0.3 is 5.69 Å². The number of carbonyl (C=O) groups excluding carboxylic acids is 2. The van der Waals surface area contributed by atoms with Crippen LogP contribution in [0.25, 0.3) is 0 Å². The lowest BCUT2D eigenvalue weighted by molar-refractivity contribution is -0.241. The Hall–Kier alpha value is -3.93. The summed E-state index contributed by atoms with van der Waals surface area (Å²) in [6.45, 7) is 0. The minimum atomic E-state index is -1.86. The minimum absolute atomic E-state index is 0.0670. The number of aliphatic hydroxyl groups is 3. The number of nitrogens with one attached hydrogen (secondary N) is 2. The number of benzene rings is 1. The first-order valence-corrected chi connectivity index (χ1v) is 11.4. The molecule has 15 nitrogen and oxygen atoms in total. The second kappa shape index (κ2) is 11.4. The number of hydrogen-bond acceptors (Lipinski definition) is 11. The van der Waals surface area contributed by atoms with Crippen LogP contribution in [-0.2, 0) is 28.5 Å². The zero-order valence-electron chi connectivity index (χ0n) is 20.2. The first-order chi connectivity index (χ1) is 18.5. The van der Waals surface area contributed by atoms with Crippen molar-refractivity contribution in [1.82, 2.24) is 9.55 Å². The van der Waals surface area contributed by atoms with Gasteiger partial charge in [0.2, 0.25) is 12.2 Å². The number of carbonyl (C=O) groups is 2. The number of hydrogen-bond donors (Lipinski definition) is 6. The number of halogens is 1. The molecule has 16 heteroatoms. The summed E-state index contributed by atoms with van der Waals surface area (Å²) in [6, 6.07) is 5.93. The maximum absolute atomic E-state index is 13.5. The van der Waals surface area contributed by atoms with Crippen molar-refractivity contribution >= 4 is 17.5 Å². The number of primary amides is 1. The number of ether oxygens (including phenoxy) is 4. The molecule has 3 heterocycles. The number of methoxy groups -OCH3 is 1. The van der Waals surface area contributed by atoms with Gasteiger partial charge in [-0.2, -0.15) is 0 Å². The molecular weight excluding hydrogens is 527 g/mol. The maximum atomic E-state index is 13.5. The molecule has 8 atom stereocenters. The van der Waals surface area contributed by atoms with E-state index in [0.29, 0.717) is 0 Å². The van der Waals surface area contributed by atoms with E-state index in [1.54, 1.807) is 0 Å². The highest BCUT2D eigenvalue weighted by Crippen LogP contribution is 2.34. The lowest BCUT2D eigenvalue weighted by atomic mass is 10.0. The summed E-state index contributed by atoms with van der Waals surface area (Å²) in [5.41, 5.74) is 3.94. The number of rotatable bonds is 8. The predicted molar refractivity (Wildman–Crippen MR) is 126 cm³/mol. The van der Waals surface area contributed by atoms with Crippen molar-refractivity contribution in [2.24, 2.45) is 5.73 Å². The van der Waals surface area contributed by atoms with Crippen LogP contribution in [0.5, 0.6) is 0 Å². The van der Waals surface area contributed by atoms with E-state index in [9.17, 15) is 38.9 Å². The van der Waals surface area contributed by atoms with Gasteiger partial charge in [0.15, 0.2) is 18.1 Å². The van der Waals surface area contributed by atoms with E-state index in [0.717, 1.165) is 35.0 Å². The van der Waals surface area contributed by atoms with Gasteiger partial charge in [0.25, 0.3) is 11.5 Å². The van der Waals surface area contributed by atoms with E-state index >= 15 is 0 Å². The van der Waals surface area contributed by atoms with Crippen molar-refractivity contribution in [2.75, 3.05) is 12.4 Å². The Morgan fingerprint density at radius 3 is 2.59 bits per heavy atom. The molecular formula is C23H25FN4O11. The lowest BCUT2D eigenvalue weighted by Gasteiger charge is -2.35. The van der Waals surface area contributed by atoms with Gasteiger partial charge in [-0.3, -0.25) is 23.9 Å². The standard InChI is InChI=1S/C23H25FN4O11/c1-36-16-15(32)21(28-6-5-13(30)27-23(28)35)38-17(16)18(19(25)33)39-22-14(31)11(29)8-12(37-22)20(34)26-10-4-2-3-9(24)7-10/h2-8,11,14-18,21-22,29,31-32H,1H3,(H2,25,33)(H,26,34)(H,27,30,35)/t11-,14-,15+,16-,17-,18?,21+,22+/m0/s1. The third-order valence-corrected chi connectivity index (χ3v) is 6.01. The molecule has 1 unspecified atom stereocenters. The quantitative estimate of drug-likeness (QED) is 0.199. The molecule has 0 radical (unpaired) electrons. The van der Waals surface area contributed by atoms with Crippen molar-refractivity contribution < 1.29 is 48.2 Å². The van der Waals surface area contributed by atoms with Crippen molar-refractivity contribution in [3.05, 3.63) is 75.0 Å². The van der Waals surface area contributed by atoms with Crippen LogP contribution in [0.3, 0.4) is 0 Å². The summed E-state index contributed by atoms with van der Waals surface area (Å²) in [4.78, 5) is 50.7. The maximum Gasteiger partial charge on any atom is 0.330 e. The van der Waals surface area contributed by atoms with Crippen LogP contribution in [0.15, 0.2) is 58.0 Å². The van der Waals surface area contributed by atoms with Crippen LogP contribution < -0.4 is 22.3 Å². The van der Waals surface area contributed by atoms with E-state index in [2.05, 4.69) is 5.32 Å². The van der Waals surface area contributed by atoms with Crippen molar-refractivity contribution in [2.45, 2.75) is 49.1 Å². The van der Waals surface area contributed by atoms with Crippen LogP contribution >= 0.6 is 0 Å². The monoisotopic (exact) mass is 552 g/mol. The van der Waals surface area contributed by atoms with Gasteiger partial charge in [-0.15, -0.1) is 0 Å². The molecule has 2 amide bonds. The third-order valence-electron chi connectivity index (χ3n) is 6.01. The van der Waals surface area contributed by atoms with Gasteiger partial charge in [0.1, 0.15) is 36.3 Å². The zero-order valence-corrected chi connectivity index (χ0v) is 20.2. The third kappa shape index (κ3) is 5.90. The molecule has 0 bridgehead atoms. The number of H-pyrrole nitrogens is 1. The predicted octanol–water partition coefficient (Wildman–Crippen LogP) is -2.58. The fourth-order valence-electron chi connectivity index (χ4n) is 4.15. The summed E-state index contributed by atoms with van der Waals surface area (Å²) in [6.07, 6.45) is -11.1. The topological polar surface area (TPSA) is 225 Å². The Morgan fingerprint density at radius 1 is 1.21 bits per heavy atom. The molecule has 2 aliphatic rings. The number of aromatic nitrogens is 2. The molecule has 1 fully saturated rings. The lowest BCUT2D eigenvalue weighted by Crippen LogP contribution is -2.53. The molecule has 2 aliphatic heterocycles. The van der Waals surface area contributed by atoms with Crippen LogP contribution in [0.2, 0.25) is 0 Å². The summed E-state index contributed by atoms with van der Waals surface area (Å²) < 4.78 is 36.2. The number of amides is 2. The Bertz CT molecular complexity index is 1380. The van der Waals surface area contributed by atoms with Gasteiger partial charge in [-0.25, -0.2) is 9.18 Å². The highest BCUT2D eigenvalue weighted by atomic mass is 19.1. The number of aliphatic hydroxyl groups excluding tert-OH is 3. The van der Waals surface area contributed by atoms with E-state index in [1.807, 2.05) is 4.98 Å². The van der Waals surface area contributed by atoms with Crippen LogP contribution in [0, 0.1) is 5.82 Å². The highest BCUT2D eigenvalue weighted by molar-refractivity contribution is 6.02. The Balaban J connectivity index is 1.55. The van der Waals surface area contributed by atoms with Crippen molar-refractivity contribution in [3.63, 3.8) is 0 Å². The number of nitrogens with zero attached hydrogens (tertiary/aromatic N) is 1. The molecule has 1 aromatic carbocycles. The molecule has 2 aromatic rings. The molecule has 210 valence electrons. The summed E-state index contributed by atoms with van der Waals surface area (Å²) in [5.74, 6) is -3.26. The molecule has 39 heavy (non-hydrogen) atoms. The summed E-state index contributed by atoms with van der Waals surface area (Å²) >= 11 is 0. The second-order valence-electron chi connectivity index (χ2n) is 8.62. The number of aromatic amines is 1. The van der Waals surface area contributed by atoms with Gasteiger partial charge in [0.05, 0.1) is 0 Å². The minimum Gasteiger partial charge on any atom is -0.456 e. The Kier molecular flexibility index (Phi) is 8.24. The summed E-state index contributed by atoms with van der Waals surface area (Å²) in [5, 5.41) is 33.8. The number of nitrogens with two attached hydrogens (primary N) is 1. The molecule has 1 aromatic heterocycles. The van der Waals surface area contributed by atoms with Gasteiger partial charge in [-0.05, 0) is 24.3 Å². The van der Waals surface area contributed by atoms with Crippen LogP contribution in [-0.4, -0.2) is 86.7 Å². The zero-order chi connectivity index (χ0) is 28.4. The smallest absolute Gasteiger partial charge is 0.330 e. The van der Waals surface area contributed by atoms with Crippen LogP contribution in [0.4, 0.5) is 10.1 Å². The SMILES string of the molecule is CO[C@H]1[C@@H](O)[C@H](n2ccc(=O)[nH]c2=O)O[C@@H]1C(O[C@H]1OC(C(=O)Nc2cccc(F)c2)=C[C@H](O)[C@@H]1O)C(N)=O. The second-order valence-corrected chi connectivity index (χ2v) is 8.62. The van der Waals surface area contributed by atoms with Gasteiger partial charge in [0, 0.05) is 25.1 Å². The first kappa shape index (κ1) is 28.1. The molecule has 0 saturated carbocycles. The molecule has 0 aliphatic carbocycles. The van der Waals surface area contributed by atoms with Gasteiger partial charge in [-0.1, -0.05) is 6.07 Å². The molecule has 1 saturated heterocycles. The summed E-state index contributed by atoms with van der Waals surface area (Å²) in [7, 11) is 1.17. The molecule has 4 rings (SSSR count). The normalized spacial score (nSPS) is 29.3. The number of anilines is 1. The van der Waals surface area contributed by atoms with Crippen molar-refractivity contribution in [3.8, 4) is 0 Å². The fraction of sp³-hybridized carbons (Fsp3) is 0.391. The average molecular weight is 552 g/mol. The Labute approximate surface area is 218 Å². The first-order valence-electron chi connectivity index (χ1n) is 11.4. The van der Waals surface area contributed by atoms with E-state index in [4.69, 9.17) is 24.7 Å². The fourth-order valence-corrected chi connectivity index (χ4v) is 4.15. The van der Waals surface area contributed by atoms with Crippen molar-refractivity contribution in [1.29, 1.82) is 0 Å². The van der Waals surface area contributed by atoms with E-state index < -0.39 is 83.8 Å². The van der Waals surface area contributed by atoms with Gasteiger partial charge < -0.3 is 45.3 Å². The van der Waals surface area contributed by atoms with Crippen LogP contribution in [0.1, 0.15) is 6.23 Å². The molecule has 0 spiro atoms.